The highest BCUT2D eigenvalue weighted by atomic mass is 16.7. The summed E-state index contributed by atoms with van der Waals surface area (Å²) in [7, 11) is 0. The summed E-state index contributed by atoms with van der Waals surface area (Å²) in [4.78, 5) is 30.1. The molecule has 144 valence electrons. The fraction of sp³-hybridized carbons (Fsp3) is 0.300. The third-order valence-electron chi connectivity index (χ3n) is 5.16. The number of hydrogen-bond donors (Lipinski definition) is 1. The zero-order valence-corrected chi connectivity index (χ0v) is 15.0. The van der Waals surface area contributed by atoms with E-state index in [-0.39, 0.29) is 5.69 Å². The summed E-state index contributed by atoms with van der Waals surface area (Å²) in [5, 5.41) is 26.3. The Balaban J connectivity index is 1.76. The minimum atomic E-state index is -1.32. The van der Waals surface area contributed by atoms with E-state index in [2.05, 4.69) is 10.1 Å². The van der Waals surface area contributed by atoms with Gasteiger partial charge in [-0.05, 0) is 18.9 Å². The molecule has 2 atom stereocenters. The van der Waals surface area contributed by atoms with Gasteiger partial charge in [-0.25, -0.2) is 4.79 Å². The van der Waals surface area contributed by atoms with Crippen molar-refractivity contribution in [2.75, 3.05) is 18.0 Å². The molecule has 1 fully saturated rings. The van der Waals surface area contributed by atoms with Gasteiger partial charge in [0.05, 0.1) is 4.92 Å². The van der Waals surface area contributed by atoms with Crippen LogP contribution in [0.25, 0.3) is 0 Å². The first-order valence-electron chi connectivity index (χ1n) is 9.12. The van der Waals surface area contributed by atoms with Crippen molar-refractivity contribution in [1.82, 2.24) is 0 Å². The van der Waals surface area contributed by atoms with Gasteiger partial charge in [-0.3, -0.25) is 10.1 Å². The fourth-order valence-electron chi connectivity index (χ4n) is 3.76. The van der Waals surface area contributed by atoms with Crippen LogP contribution in [0, 0.1) is 16.0 Å². The maximum absolute atomic E-state index is 12.4. The van der Waals surface area contributed by atoms with Gasteiger partial charge in [-0.15, -0.1) is 0 Å². The Hall–Kier alpha value is -3.26. The van der Waals surface area contributed by atoms with Crippen LogP contribution in [0.4, 0.5) is 11.4 Å². The highest BCUT2D eigenvalue weighted by Crippen LogP contribution is 2.38. The number of nitro groups is 1. The molecule has 2 unspecified atom stereocenters. The molecule has 0 bridgehead atoms. The van der Waals surface area contributed by atoms with E-state index in [0.717, 1.165) is 25.9 Å². The molecule has 2 aliphatic rings. The SMILES string of the molecule is O=C1ON=C(c2ccccc2)C1C(O)c1cc([N+](=O)[O-])ccc1N1CCCC1. The van der Waals surface area contributed by atoms with Crippen LogP contribution in [0.3, 0.4) is 0 Å². The molecule has 2 heterocycles. The van der Waals surface area contributed by atoms with Gasteiger partial charge in [0, 0.05) is 42.0 Å². The molecule has 0 spiro atoms. The number of carbonyl (C=O) groups is 1. The zero-order chi connectivity index (χ0) is 19.7. The van der Waals surface area contributed by atoms with Crippen LogP contribution < -0.4 is 4.90 Å². The molecule has 1 N–H and O–H groups in total. The smallest absolute Gasteiger partial charge is 0.347 e. The molecule has 1 saturated heterocycles. The molecule has 0 saturated carbocycles. The van der Waals surface area contributed by atoms with E-state index >= 15 is 0 Å². The van der Waals surface area contributed by atoms with E-state index in [1.807, 2.05) is 6.07 Å². The maximum Gasteiger partial charge on any atom is 0.347 e. The lowest BCUT2D eigenvalue weighted by Gasteiger charge is -2.25. The largest absolute Gasteiger partial charge is 0.387 e. The summed E-state index contributed by atoms with van der Waals surface area (Å²) < 4.78 is 0. The number of nitro benzene ring substituents is 1. The average molecular weight is 381 g/mol. The number of hydrogen-bond acceptors (Lipinski definition) is 7. The third kappa shape index (κ3) is 3.22. The van der Waals surface area contributed by atoms with E-state index in [4.69, 9.17) is 4.84 Å². The first-order chi connectivity index (χ1) is 13.6. The lowest BCUT2D eigenvalue weighted by molar-refractivity contribution is -0.385. The van der Waals surface area contributed by atoms with Gasteiger partial charge in [-0.2, -0.15) is 0 Å². The van der Waals surface area contributed by atoms with Gasteiger partial charge < -0.3 is 14.8 Å². The minimum Gasteiger partial charge on any atom is -0.387 e. The fourth-order valence-corrected chi connectivity index (χ4v) is 3.76. The first kappa shape index (κ1) is 18.1. The predicted octanol–water partition coefficient (Wildman–Crippen LogP) is 2.81. The number of oxime groups is 1. The van der Waals surface area contributed by atoms with Crippen LogP contribution in [0.15, 0.2) is 53.7 Å². The summed E-state index contributed by atoms with van der Waals surface area (Å²) in [5.74, 6) is -1.73. The summed E-state index contributed by atoms with van der Waals surface area (Å²) in [5.41, 5.74) is 1.87. The lowest BCUT2D eigenvalue weighted by atomic mass is 9.87. The van der Waals surface area contributed by atoms with Crippen molar-refractivity contribution in [2.24, 2.45) is 11.1 Å². The summed E-state index contributed by atoms with van der Waals surface area (Å²) in [6.45, 7) is 1.60. The number of aliphatic hydroxyl groups excluding tert-OH is 1. The van der Waals surface area contributed by atoms with Crippen LogP contribution in [-0.2, 0) is 9.63 Å². The number of nitrogens with zero attached hydrogens (tertiary/aromatic N) is 3. The Morgan fingerprint density at radius 2 is 1.89 bits per heavy atom. The van der Waals surface area contributed by atoms with E-state index in [0.29, 0.717) is 22.5 Å². The molecule has 8 nitrogen and oxygen atoms in total. The molecule has 0 radical (unpaired) electrons. The molecule has 0 aromatic heterocycles. The van der Waals surface area contributed by atoms with Gasteiger partial charge >= 0.3 is 5.97 Å². The van der Waals surface area contributed by atoms with E-state index in [9.17, 15) is 20.0 Å². The van der Waals surface area contributed by atoms with Gasteiger partial charge in [0.15, 0.2) is 0 Å². The van der Waals surface area contributed by atoms with E-state index < -0.39 is 22.9 Å². The molecule has 28 heavy (non-hydrogen) atoms. The molecule has 0 aliphatic carbocycles. The van der Waals surface area contributed by atoms with Crippen molar-refractivity contribution in [3.05, 3.63) is 69.8 Å². The predicted molar refractivity (Wildman–Crippen MR) is 102 cm³/mol. The van der Waals surface area contributed by atoms with Crippen molar-refractivity contribution in [1.29, 1.82) is 0 Å². The number of rotatable bonds is 5. The zero-order valence-electron chi connectivity index (χ0n) is 15.0. The normalized spacial score (nSPS) is 20.0. The van der Waals surface area contributed by atoms with Crippen LogP contribution in [-0.4, -0.2) is 34.8 Å². The number of benzene rings is 2. The van der Waals surface area contributed by atoms with Crippen LogP contribution >= 0.6 is 0 Å². The lowest BCUT2D eigenvalue weighted by Crippen LogP contribution is -2.29. The first-order valence-corrected chi connectivity index (χ1v) is 9.12. The Bertz CT molecular complexity index is 938. The number of carbonyl (C=O) groups excluding carboxylic acids is 1. The van der Waals surface area contributed by atoms with Crippen molar-refractivity contribution in [3.63, 3.8) is 0 Å². The number of aliphatic hydroxyl groups is 1. The summed E-state index contributed by atoms with van der Waals surface area (Å²) >= 11 is 0. The standard InChI is InChI=1S/C20H19N3O5/c24-19(17-18(21-28-20(17)25)13-6-2-1-3-7-13)15-12-14(23(26)27)8-9-16(15)22-10-4-5-11-22/h1-3,6-9,12,17,19,24H,4-5,10-11H2. The second-order valence-corrected chi connectivity index (χ2v) is 6.87. The van der Waals surface area contributed by atoms with Crippen LogP contribution in [0.2, 0.25) is 0 Å². The van der Waals surface area contributed by atoms with Gasteiger partial charge in [-0.1, -0.05) is 35.5 Å². The molecule has 2 aromatic rings. The van der Waals surface area contributed by atoms with Crippen molar-refractivity contribution >= 4 is 23.1 Å². The highest BCUT2D eigenvalue weighted by molar-refractivity contribution is 6.14. The summed E-state index contributed by atoms with van der Waals surface area (Å²) in [6, 6.07) is 13.4. The molecule has 4 rings (SSSR count). The summed E-state index contributed by atoms with van der Waals surface area (Å²) in [6.07, 6.45) is 0.702. The molecule has 0 amide bonds. The molecular formula is C20H19N3O5. The Morgan fingerprint density at radius 3 is 2.57 bits per heavy atom. The Morgan fingerprint density at radius 1 is 1.18 bits per heavy atom. The van der Waals surface area contributed by atoms with Crippen molar-refractivity contribution < 1.29 is 19.7 Å². The van der Waals surface area contributed by atoms with Crippen molar-refractivity contribution in [2.45, 2.75) is 18.9 Å². The third-order valence-corrected chi connectivity index (χ3v) is 5.16. The molecule has 2 aromatic carbocycles. The van der Waals surface area contributed by atoms with Gasteiger partial charge in [0.2, 0.25) is 0 Å². The Kier molecular flexibility index (Phi) is 4.79. The number of anilines is 1. The molecular weight excluding hydrogens is 362 g/mol. The topological polar surface area (TPSA) is 105 Å². The van der Waals surface area contributed by atoms with Crippen LogP contribution in [0.1, 0.15) is 30.1 Å². The van der Waals surface area contributed by atoms with Crippen molar-refractivity contribution in [3.8, 4) is 0 Å². The second kappa shape index (κ2) is 7.40. The van der Waals surface area contributed by atoms with Gasteiger partial charge in [0.1, 0.15) is 17.7 Å². The van der Waals surface area contributed by atoms with E-state index in [1.165, 1.54) is 12.1 Å². The van der Waals surface area contributed by atoms with Crippen LogP contribution in [0.5, 0.6) is 0 Å². The molecule has 2 aliphatic heterocycles. The quantitative estimate of drug-likeness (QED) is 0.485. The second-order valence-electron chi connectivity index (χ2n) is 6.87. The minimum absolute atomic E-state index is 0.137. The Labute approximate surface area is 161 Å². The highest BCUT2D eigenvalue weighted by Gasteiger charge is 2.41. The monoisotopic (exact) mass is 381 g/mol. The van der Waals surface area contributed by atoms with E-state index in [1.54, 1.807) is 30.3 Å². The average Bonchev–Trinajstić information content (AvgIpc) is 3.37. The maximum atomic E-state index is 12.4. The number of non-ortho nitro benzene ring substituents is 1. The molecule has 8 heteroatoms. The van der Waals surface area contributed by atoms with Gasteiger partial charge in [0.25, 0.3) is 5.69 Å².